The molecule has 10 heteroatoms. The van der Waals surface area contributed by atoms with E-state index in [1.54, 1.807) is 36.4 Å². The van der Waals surface area contributed by atoms with Gasteiger partial charge in [0.15, 0.2) is 5.13 Å². The van der Waals surface area contributed by atoms with Crippen LogP contribution in [0.15, 0.2) is 89.1 Å². The van der Waals surface area contributed by atoms with E-state index in [0.717, 1.165) is 34.6 Å². The first kappa shape index (κ1) is 27.3. The molecule has 196 valence electrons. The van der Waals surface area contributed by atoms with E-state index in [2.05, 4.69) is 5.32 Å². The van der Waals surface area contributed by atoms with Gasteiger partial charge in [-0.15, -0.1) is 11.3 Å². The van der Waals surface area contributed by atoms with Crippen LogP contribution in [0.5, 0.6) is 0 Å². The minimum absolute atomic E-state index is 0.0513. The summed E-state index contributed by atoms with van der Waals surface area (Å²) < 4.78 is 26.9. The van der Waals surface area contributed by atoms with Crippen LogP contribution in [0.1, 0.15) is 29.3 Å². The number of nitrogens with one attached hydrogen (secondary N) is 1. The summed E-state index contributed by atoms with van der Waals surface area (Å²) in [6.45, 7) is 1.35. The second kappa shape index (κ2) is 12.2. The second-order valence-electron chi connectivity index (χ2n) is 8.47. The number of halogens is 2. The highest BCUT2D eigenvalue weighted by Crippen LogP contribution is 2.38. The van der Waals surface area contributed by atoms with Gasteiger partial charge in [-0.25, -0.2) is 4.98 Å². The first-order valence-corrected chi connectivity index (χ1v) is 13.4. The highest BCUT2D eigenvalue weighted by molar-refractivity contribution is 8.00. The number of aliphatic carboxylic acids is 1. The molecule has 1 aromatic heterocycles. The Hall–Kier alpha value is -3.76. The zero-order valence-electron chi connectivity index (χ0n) is 20.4. The van der Waals surface area contributed by atoms with Crippen LogP contribution < -0.4 is 10.2 Å². The SMILES string of the molecule is CC(F)(F)Sc1ccc(N(Cc2ccc(C(=O)NCCC(=O)O)cc2)c2nc(-c3ccccc3)cs2)cc1. The lowest BCUT2D eigenvalue weighted by molar-refractivity contribution is -0.136. The molecule has 1 amide bonds. The Bertz CT molecular complexity index is 1370. The van der Waals surface area contributed by atoms with Crippen molar-refractivity contribution in [2.75, 3.05) is 11.4 Å². The number of anilines is 2. The number of hydrogen-bond donors (Lipinski definition) is 2. The summed E-state index contributed by atoms with van der Waals surface area (Å²) in [6, 6.07) is 23.8. The number of rotatable bonds is 11. The maximum atomic E-state index is 13.5. The molecule has 6 nitrogen and oxygen atoms in total. The lowest BCUT2D eigenvalue weighted by Gasteiger charge is -2.23. The first-order chi connectivity index (χ1) is 18.2. The van der Waals surface area contributed by atoms with Crippen molar-refractivity contribution >= 4 is 45.8 Å². The Morgan fingerprint density at radius 3 is 2.34 bits per heavy atom. The maximum Gasteiger partial charge on any atom is 0.305 e. The fourth-order valence-electron chi connectivity index (χ4n) is 3.63. The van der Waals surface area contributed by atoms with Crippen LogP contribution in [0, 0.1) is 0 Å². The van der Waals surface area contributed by atoms with Crippen LogP contribution >= 0.6 is 23.1 Å². The molecule has 0 saturated heterocycles. The van der Waals surface area contributed by atoms with Crippen LogP contribution in [-0.2, 0) is 11.3 Å². The van der Waals surface area contributed by atoms with E-state index in [-0.39, 0.29) is 18.9 Å². The number of carboxylic acids is 1. The van der Waals surface area contributed by atoms with E-state index in [1.807, 2.05) is 52.7 Å². The molecular weight excluding hydrogens is 528 g/mol. The number of benzene rings is 3. The Kier molecular flexibility index (Phi) is 8.75. The largest absolute Gasteiger partial charge is 0.481 e. The van der Waals surface area contributed by atoms with Crippen molar-refractivity contribution in [1.82, 2.24) is 10.3 Å². The molecule has 3 aromatic carbocycles. The Labute approximate surface area is 227 Å². The summed E-state index contributed by atoms with van der Waals surface area (Å²) in [6.07, 6.45) is -0.148. The van der Waals surface area contributed by atoms with Gasteiger partial charge in [0.1, 0.15) is 0 Å². The predicted octanol–water partition coefficient (Wildman–Crippen LogP) is 7.06. The van der Waals surface area contributed by atoms with E-state index in [4.69, 9.17) is 10.1 Å². The van der Waals surface area contributed by atoms with Gasteiger partial charge in [-0.3, -0.25) is 9.59 Å². The van der Waals surface area contributed by atoms with E-state index in [9.17, 15) is 18.4 Å². The van der Waals surface area contributed by atoms with Crippen LogP contribution in [0.3, 0.4) is 0 Å². The van der Waals surface area contributed by atoms with Crippen molar-refractivity contribution in [3.05, 3.63) is 95.4 Å². The summed E-state index contributed by atoms with van der Waals surface area (Å²) in [4.78, 5) is 30.3. The molecule has 1 heterocycles. The van der Waals surface area contributed by atoms with Crippen molar-refractivity contribution in [2.24, 2.45) is 0 Å². The van der Waals surface area contributed by atoms with Gasteiger partial charge in [0.2, 0.25) is 0 Å². The van der Waals surface area contributed by atoms with Gasteiger partial charge >= 0.3 is 5.97 Å². The van der Waals surface area contributed by atoms with Gasteiger partial charge in [0, 0.05) is 40.6 Å². The third-order valence-corrected chi connectivity index (χ3v) is 7.15. The monoisotopic (exact) mass is 553 g/mol. The van der Waals surface area contributed by atoms with Crippen molar-refractivity contribution < 1.29 is 23.5 Å². The van der Waals surface area contributed by atoms with Crippen molar-refractivity contribution in [3.63, 3.8) is 0 Å². The number of aromatic nitrogens is 1. The van der Waals surface area contributed by atoms with Gasteiger partial charge in [0.25, 0.3) is 11.2 Å². The minimum Gasteiger partial charge on any atom is -0.481 e. The summed E-state index contributed by atoms with van der Waals surface area (Å²) in [7, 11) is 0. The Balaban J connectivity index is 1.57. The molecular formula is C28H25F2N3O3S2. The smallest absolute Gasteiger partial charge is 0.305 e. The number of thiazole rings is 1. The number of carbonyl (C=O) groups excluding carboxylic acids is 1. The van der Waals surface area contributed by atoms with Crippen molar-refractivity contribution in [2.45, 2.75) is 30.0 Å². The third-order valence-electron chi connectivity index (χ3n) is 5.42. The van der Waals surface area contributed by atoms with Crippen molar-refractivity contribution in [3.8, 4) is 11.3 Å². The topological polar surface area (TPSA) is 82.5 Å². The van der Waals surface area contributed by atoms with Gasteiger partial charge < -0.3 is 15.3 Å². The lowest BCUT2D eigenvalue weighted by atomic mass is 10.1. The molecule has 0 aliphatic rings. The Morgan fingerprint density at radius 1 is 1.03 bits per heavy atom. The fourth-order valence-corrected chi connectivity index (χ4v) is 5.17. The number of amides is 1. The summed E-state index contributed by atoms with van der Waals surface area (Å²) in [5.41, 5.74) is 3.94. The van der Waals surface area contributed by atoms with E-state index >= 15 is 0 Å². The molecule has 0 radical (unpaired) electrons. The quantitative estimate of drug-likeness (QED) is 0.194. The molecule has 0 aliphatic carbocycles. The van der Waals surface area contributed by atoms with Crippen LogP contribution in [0.25, 0.3) is 11.3 Å². The average Bonchev–Trinajstić information content (AvgIpc) is 3.38. The van der Waals surface area contributed by atoms with Crippen LogP contribution in [-0.4, -0.2) is 33.8 Å². The number of thioether (sulfide) groups is 1. The Morgan fingerprint density at radius 2 is 1.71 bits per heavy atom. The van der Waals surface area contributed by atoms with Crippen LogP contribution in [0.2, 0.25) is 0 Å². The number of carbonyl (C=O) groups is 2. The van der Waals surface area contributed by atoms with Crippen molar-refractivity contribution in [1.29, 1.82) is 0 Å². The third kappa shape index (κ3) is 7.62. The summed E-state index contributed by atoms with van der Waals surface area (Å²) in [5, 5.41) is 11.2. The molecule has 38 heavy (non-hydrogen) atoms. The highest BCUT2D eigenvalue weighted by Gasteiger charge is 2.23. The van der Waals surface area contributed by atoms with E-state index in [0.29, 0.717) is 28.8 Å². The molecule has 4 rings (SSSR count). The number of nitrogens with zero attached hydrogens (tertiary/aromatic N) is 2. The molecule has 0 saturated carbocycles. The van der Waals surface area contributed by atoms with E-state index in [1.165, 1.54) is 11.3 Å². The summed E-state index contributed by atoms with van der Waals surface area (Å²) in [5.74, 6) is -1.32. The molecule has 0 bridgehead atoms. The highest BCUT2D eigenvalue weighted by atomic mass is 32.2. The van der Waals surface area contributed by atoms with Gasteiger partial charge in [-0.05, 0) is 42.0 Å². The standard InChI is InChI=1S/C28H25F2N3O3S2/c1-28(29,30)38-23-13-11-22(12-14-23)33(27-32-24(18-37-27)20-5-3-2-4-6-20)17-19-7-9-21(10-8-19)26(36)31-16-15-25(34)35/h2-14,18H,15-17H2,1H3,(H,31,36)(H,34,35). The lowest BCUT2D eigenvalue weighted by Crippen LogP contribution is -2.26. The minimum atomic E-state index is -2.87. The predicted molar refractivity (Wildman–Crippen MR) is 147 cm³/mol. The summed E-state index contributed by atoms with van der Waals surface area (Å²) >= 11 is 1.98. The van der Waals surface area contributed by atoms with E-state index < -0.39 is 11.2 Å². The molecule has 2 N–H and O–H groups in total. The molecule has 0 fully saturated rings. The molecule has 0 aliphatic heterocycles. The van der Waals surface area contributed by atoms with Gasteiger partial charge in [-0.2, -0.15) is 8.78 Å². The molecule has 4 aromatic rings. The number of carboxylic acid groups (broad SMARTS) is 1. The number of hydrogen-bond acceptors (Lipinski definition) is 6. The molecule has 0 atom stereocenters. The zero-order valence-corrected chi connectivity index (χ0v) is 22.1. The average molecular weight is 554 g/mol. The fraction of sp³-hybridized carbons (Fsp3) is 0.179. The maximum absolute atomic E-state index is 13.5. The molecule has 0 unspecified atom stereocenters. The number of alkyl halides is 2. The molecule has 0 spiro atoms. The normalized spacial score (nSPS) is 11.2. The first-order valence-electron chi connectivity index (χ1n) is 11.7. The zero-order chi connectivity index (χ0) is 27.1. The van der Waals surface area contributed by atoms with Gasteiger partial charge in [-0.1, -0.05) is 54.2 Å². The van der Waals surface area contributed by atoms with Gasteiger partial charge in [0.05, 0.1) is 18.7 Å². The van der Waals surface area contributed by atoms with Crippen LogP contribution in [0.4, 0.5) is 19.6 Å². The second-order valence-corrected chi connectivity index (χ2v) is 10.7.